The standard InChI is InChI=1S/C15H21N3O4/c1-12(11-17-9-4-8-16-17)22-15(21)5-2-3-10-18-13(19)6-7-14(18)20/h4,8-9,12H,2-3,5-7,10-11H2,1H3. The number of rotatable bonds is 8. The Balaban J connectivity index is 1.59. The molecule has 120 valence electrons. The SMILES string of the molecule is CC(Cn1cccn1)OC(=O)CCCCN1C(=O)CCC1=O. The van der Waals surface area contributed by atoms with Crippen molar-refractivity contribution in [1.82, 2.24) is 14.7 Å². The van der Waals surface area contributed by atoms with Crippen LogP contribution in [0.3, 0.4) is 0 Å². The highest BCUT2D eigenvalue weighted by Crippen LogP contribution is 2.13. The first-order valence-corrected chi connectivity index (χ1v) is 7.56. The van der Waals surface area contributed by atoms with Gasteiger partial charge in [0.1, 0.15) is 6.10 Å². The second kappa shape index (κ2) is 7.72. The van der Waals surface area contributed by atoms with Crippen molar-refractivity contribution in [1.29, 1.82) is 0 Å². The molecule has 2 amide bonds. The minimum absolute atomic E-state index is 0.111. The van der Waals surface area contributed by atoms with E-state index in [9.17, 15) is 14.4 Å². The summed E-state index contributed by atoms with van der Waals surface area (Å²) in [4.78, 5) is 35.8. The Morgan fingerprint density at radius 3 is 2.68 bits per heavy atom. The molecule has 2 rings (SSSR count). The van der Waals surface area contributed by atoms with Gasteiger partial charge in [0, 0.05) is 38.2 Å². The van der Waals surface area contributed by atoms with Gasteiger partial charge in [-0.05, 0) is 25.8 Å². The van der Waals surface area contributed by atoms with Crippen LogP contribution in [0.25, 0.3) is 0 Å². The first kappa shape index (κ1) is 16.2. The molecule has 1 unspecified atom stereocenters. The lowest BCUT2D eigenvalue weighted by Crippen LogP contribution is -2.30. The van der Waals surface area contributed by atoms with Gasteiger partial charge in [0.05, 0.1) is 6.54 Å². The van der Waals surface area contributed by atoms with Crippen molar-refractivity contribution in [3.05, 3.63) is 18.5 Å². The summed E-state index contributed by atoms with van der Waals surface area (Å²) in [5.41, 5.74) is 0. The van der Waals surface area contributed by atoms with Crippen LogP contribution in [0.1, 0.15) is 39.0 Å². The van der Waals surface area contributed by atoms with Crippen LogP contribution in [-0.2, 0) is 25.7 Å². The normalized spacial score (nSPS) is 16.1. The Labute approximate surface area is 129 Å². The molecule has 2 heterocycles. The van der Waals surface area contributed by atoms with Gasteiger partial charge in [0.25, 0.3) is 0 Å². The van der Waals surface area contributed by atoms with Crippen LogP contribution in [0, 0.1) is 0 Å². The number of aromatic nitrogens is 2. The smallest absolute Gasteiger partial charge is 0.306 e. The number of esters is 1. The number of hydrogen-bond donors (Lipinski definition) is 0. The number of carbonyl (C=O) groups excluding carboxylic acids is 3. The highest BCUT2D eigenvalue weighted by molar-refractivity contribution is 6.01. The van der Waals surface area contributed by atoms with Crippen molar-refractivity contribution in [3.63, 3.8) is 0 Å². The lowest BCUT2D eigenvalue weighted by molar-refractivity contribution is -0.149. The number of hydrogen-bond acceptors (Lipinski definition) is 5. The molecular weight excluding hydrogens is 286 g/mol. The van der Waals surface area contributed by atoms with E-state index in [0.29, 0.717) is 45.2 Å². The Kier molecular flexibility index (Phi) is 5.68. The van der Waals surface area contributed by atoms with Crippen LogP contribution in [0.15, 0.2) is 18.5 Å². The molecule has 1 saturated heterocycles. The number of unbranched alkanes of at least 4 members (excludes halogenated alkanes) is 1. The van der Waals surface area contributed by atoms with E-state index < -0.39 is 0 Å². The van der Waals surface area contributed by atoms with Crippen molar-refractivity contribution in [2.75, 3.05) is 6.54 Å². The highest BCUT2D eigenvalue weighted by Gasteiger charge is 2.27. The fourth-order valence-corrected chi connectivity index (χ4v) is 2.40. The summed E-state index contributed by atoms with van der Waals surface area (Å²) in [6.45, 7) is 2.74. The van der Waals surface area contributed by atoms with E-state index in [1.54, 1.807) is 10.9 Å². The van der Waals surface area contributed by atoms with Gasteiger partial charge in [-0.2, -0.15) is 5.10 Å². The summed E-state index contributed by atoms with van der Waals surface area (Å²) in [6, 6.07) is 1.81. The molecule has 0 radical (unpaired) electrons. The molecule has 1 aliphatic heterocycles. The second-order valence-electron chi connectivity index (χ2n) is 5.42. The van der Waals surface area contributed by atoms with Crippen LogP contribution in [0.5, 0.6) is 0 Å². The molecule has 0 aliphatic carbocycles. The van der Waals surface area contributed by atoms with Gasteiger partial charge in [0.2, 0.25) is 11.8 Å². The third-order valence-corrected chi connectivity index (χ3v) is 3.50. The Morgan fingerprint density at radius 2 is 2.05 bits per heavy atom. The third-order valence-electron chi connectivity index (χ3n) is 3.50. The van der Waals surface area contributed by atoms with Crippen LogP contribution < -0.4 is 0 Å². The van der Waals surface area contributed by atoms with E-state index >= 15 is 0 Å². The van der Waals surface area contributed by atoms with E-state index in [-0.39, 0.29) is 23.9 Å². The van der Waals surface area contributed by atoms with Gasteiger partial charge in [0.15, 0.2) is 0 Å². The summed E-state index contributed by atoms with van der Waals surface area (Å²) < 4.78 is 7.00. The minimum atomic E-state index is -0.265. The van der Waals surface area contributed by atoms with Gasteiger partial charge < -0.3 is 4.74 Å². The molecule has 1 aromatic heterocycles. The molecule has 7 nitrogen and oxygen atoms in total. The summed E-state index contributed by atoms with van der Waals surface area (Å²) in [5.74, 6) is -0.487. The Morgan fingerprint density at radius 1 is 1.32 bits per heavy atom. The molecule has 1 aliphatic rings. The minimum Gasteiger partial charge on any atom is -0.461 e. The zero-order valence-electron chi connectivity index (χ0n) is 12.7. The lowest BCUT2D eigenvalue weighted by atomic mass is 10.2. The van der Waals surface area contributed by atoms with Crippen molar-refractivity contribution < 1.29 is 19.1 Å². The maximum Gasteiger partial charge on any atom is 0.306 e. The predicted molar refractivity (Wildman–Crippen MR) is 77.6 cm³/mol. The maximum absolute atomic E-state index is 11.7. The molecule has 1 atom stereocenters. The van der Waals surface area contributed by atoms with Gasteiger partial charge in [-0.3, -0.25) is 24.0 Å². The first-order valence-electron chi connectivity index (χ1n) is 7.56. The fourth-order valence-electron chi connectivity index (χ4n) is 2.40. The maximum atomic E-state index is 11.7. The number of nitrogens with zero attached hydrogens (tertiary/aromatic N) is 3. The first-order chi connectivity index (χ1) is 10.6. The lowest BCUT2D eigenvalue weighted by Gasteiger charge is -2.14. The summed E-state index contributed by atoms with van der Waals surface area (Å²) in [7, 11) is 0. The zero-order valence-corrected chi connectivity index (χ0v) is 12.7. The van der Waals surface area contributed by atoms with Crippen molar-refractivity contribution >= 4 is 17.8 Å². The Hall–Kier alpha value is -2.18. The zero-order chi connectivity index (χ0) is 15.9. The number of carbonyl (C=O) groups is 3. The number of imide groups is 1. The van der Waals surface area contributed by atoms with Crippen LogP contribution >= 0.6 is 0 Å². The highest BCUT2D eigenvalue weighted by atomic mass is 16.5. The molecule has 0 spiro atoms. The summed E-state index contributed by atoms with van der Waals surface area (Å²) in [5, 5.41) is 4.05. The van der Waals surface area contributed by atoms with Crippen LogP contribution in [-0.4, -0.2) is 45.1 Å². The predicted octanol–water partition coefficient (Wildman–Crippen LogP) is 1.13. The molecule has 0 aromatic carbocycles. The van der Waals surface area contributed by atoms with Crippen molar-refractivity contribution in [2.45, 2.75) is 51.7 Å². The quantitative estimate of drug-likeness (QED) is 0.408. The van der Waals surface area contributed by atoms with Crippen molar-refractivity contribution in [3.8, 4) is 0 Å². The summed E-state index contributed by atoms with van der Waals surface area (Å²) >= 11 is 0. The molecule has 7 heteroatoms. The van der Waals surface area contributed by atoms with Crippen molar-refractivity contribution in [2.24, 2.45) is 0 Å². The molecule has 0 saturated carbocycles. The molecule has 0 bridgehead atoms. The van der Waals surface area contributed by atoms with Gasteiger partial charge in [-0.15, -0.1) is 0 Å². The van der Waals surface area contributed by atoms with Gasteiger partial charge >= 0.3 is 5.97 Å². The molecule has 1 aromatic rings. The van der Waals surface area contributed by atoms with Gasteiger partial charge in [-0.1, -0.05) is 0 Å². The average Bonchev–Trinajstić information content (AvgIpc) is 3.07. The number of amides is 2. The average molecular weight is 307 g/mol. The largest absolute Gasteiger partial charge is 0.461 e. The monoisotopic (exact) mass is 307 g/mol. The summed E-state index contributed by atoms with van der Waals surface area (Å²) in [6.07, 6.45) is 5.39. The Bertz CT molecular complexity index is 511. The van der Waals surface area contributed by atoms with Crippen LogP contribution in [0.2, 0.25) is 0 Å². The third kappa shape index (κ3) is 4.68. The second-order valence-corrected chi connectivity index (χ2v) is 5.42. The van der Waals surface area contributed by atoms with E-state index in [4.69, 9.17) is 4.74 Å². The molecule has 22 heavy (non-hydrogen) atoms. The van der Waals surface area contributed by atoms with E-state index in [2.05, 4.69) is 5.10 Å². The molecule has 0 N–H and O–H groups in total. The number of ether oxygens (including phenoxy) is 1. The van der Waals surface area contributed by atoms with Gasteiger partial charge in [-0.25, -0.2) is 0 Å². The molecular formula is C15H21N3O4. The van der Waals surface area contributed by atoms with Crippen LogP contribution in [0.4, 0.5) is 0 Å². The molecule has 1 fully saturated rings. The fraction of sp³-hybridized carbons (Fsp3) is 0.600. The van der Waals surface area contributed by atoms with E-state index in [1.165, 1.54) is 4.90 Å². The topological polar surface area (TPSA) is 81.5 Å². The number of likely N-dealkylation sites (tertiary alicyclic amines) is 1. The van der Waals surface area contributed by atoms with E-state index in [1.807, 2.05) is 19.2 Å². The van der Waals surface area contributed by atoms with E-state index in [0.717, 1.165) is 0 Å².